The molecule has 3 nitrogen and oxygen atoms in total. The molecule has 4 heteroatoms. The Morgan fingerprint density at radius 2 is 1.95 bits per heavy atom. The number of piperidine rings is 1. The fourth-order valence-electron chi connectivity index (χ4n) is 4.12. The Bertz CT molecular complexity index is 314. The first-order valence-electron chi connectivity index (χ1n) is 8.67. The molecule has 2 N–H and O–H groups in total. The van der Waals surface area contributed by atoms with E-state index in [1.165, 1.54) is 44.9 Å². The number of amides is 1. The van der Waals surface area contributed by atoms with E-state index < -0.39 is 0 Å². The van der Waals surface area contributed by atoms with Gasteiger partial charge in [0.1, 0.15) is 0 Å². The Morgan fingerprint density at radius 3 is 2.57 bits per heavy atom. The Labute approximate surface area is 136 Å². The second-order valence-corrected chi connectivity index (χ2v) is 7.08. The molecule has 0 aromatic rings. The highest BCUT2D eigenvalue weighted by atomic mass is 35.5. The molecule has 124 valence electrons. The lowest BCUT2D eigenvalue weighted by atomic mass is 9.71. The van der Waals surface area contributed by atoms with Gasteiger partial charge in [-0.05, 0) is 50.0 Å². The van der Waals surface area contributed by atoms with Gasteiger partial charge in [-0.1, -0.05) is 32.6 Å². The number of hydrogen-bond acceptors (Lipinski definition) is 2. The van der Waals surface area contributed by atoms with Crippen LogP contribution in [0.15, 0.2) is 0 Å². The van der Waals surface area contributed by atoms with E-state index in [1.807, 2.05) is 0 Å². The summed E-state index contributed by atoms with van der Waals surface area (Å²) in [7, 11) is 0. The van der Waals surface area contributed by atoms with Crippen molar-refractivity contribution in [2.75, 3.05) is 19.6 Å². The number of rotatable bonds is 5. The highest BCUT2D eigenvalue weighted by Crippen LogP contribution is 2.39. The predicted molar refractivity (Wildman–Crippen MR) is 90.6 cm³/mol. The number of carbonyl (C=O) groups excluding carboxylic acids is 1. The lowest BCUT2D eigenvalue weighted by Gasteiger charge is -2.39. The molecule has 0 aromatic carbocycles. The van der Waals surface area contributed by atoms with Crippen LogP contribution in [-0.2, 0) is 4.79 Å². The van der Waals surface area contributed by atoms with Crippen LogP contribution in [0.4, 0.5) is 0 Å². The molecule has 0 radical (unpaired) electrons. The second kappa shape index (κ2) is 8.99. The minimum absolute atomic E-state index is 0. The number of nitrogens with two attached hydrogens (primary N) is 1. The van der Waals surface area contributed by atoms with E-state index in [2.05, 4.69) is 11.8 Å². The fraction of sp³-hybridized carbons (Fsp3) is 0.941. The van der Waals surface area contributed by atoms with Crippen LogP contribution in [0, 0.1) is 11.3 Å². The average molecular weight is 317 g/mol. The van der Waals surface area contributed by atoms with Crippen molar-refractivity contribution in [1.82, 2.24) is 4.90 Å². The minimum atomic E-state index is 0. The molecule has 1 saturated carbocycles. The predicted octanol–water partition coefficient (Wildman–Crippen LogP) is 3.75. The highest BCUT2D eigenvalue weighted by molar-refractivity contribution is 5.85. The normalized spacial score (nSPS) is 25.2. The Morgan fingerprint density at radius 1 is 1.24 bits per heavy atom. The van der Waals surface area contributed by atoms with Crippen molar-refractivity contribution < 1.29 is 4.79 Å². The van der Waals surface area contributed by atoms with Crippen LogP contribution in [0.3, 0.4) is 0 Å². The maximum absolute atomic E-state index is 12.7. The first kappa shape index (κ1) is 18.8. The quantitative estimate of drug-likeness (QED) is 0.839. The molecule has 21 heavy (non-hydrogen) atoms. The number of carbonyl (C=O) groups is 1. The summed E-state index contributed by atoms with van der Waals surface area (Å²) in [5.41, 5.74) is 6.14. The monoisotopic (exact) mass is 316 g/mol. The molecule has 1 amide bonds. The number of likely N-dealkylation sites (tertiary alicyclic amines) is 1. The summed E-state index contributed by atoms with van der Waals surface area (Å²) in [6, 6.07) is 0. The molecule has 2 aliphatic rings. The highest BCUT2D eigenvalue weighted by Gasteiger charge is 2.35. The molecule has 1 atom stereocenters. The van der Waals surface area contributed by atoms with Crippen LogP contribution in [0.2, 0.25) is 0 Å². The van der Waals surface area contributed by atoms with Gasteiger partial charge in [-0.15, -0.1) is 12.4 Å². The summed E-state index contributed by atoms with van der Waals surface area (Å²) >= 11 is 0. The molecule has 0 bridgehead atoms. The maximum Gasteiger partial charge on any atom is 0.223 e. The van der Waals surface area contributed by atoms with Gasteiger partial charge in [-0.25, -0.2) is 0 Å². The Kier molecular flexibility index (Phi) is 8.04. The van der Waals surface area contributed by atoms with Gasteiger partial charge in [0.15, 0.2) is 0 Å². The van der Waals surface area contributed by atoms with Crippen molar-refractivity contribution in [3.63, 3.8) is 0 Å². The third-order valence-electron chi connectivity index (χ3n) is 5.44. The van der Waals surface area contributed by atoms with E-state index in [1.54, 1.807) is 0 Å². The van der Waals surface area contributed by atoms with Crippen molar-refractivity contribution in [2.45, 2.75) is 71.1 Å². The average Bonchev–Trinajstić information content (AvgIpc) is 2.49. The van der Waals surface area contributed by atoms with Gasteiger partial charge in [0, 0.05) is 19.5 Å². The summed E-state index contributed by atoms with van der Waals surface area (Å²) in [4.78, 5) is 14.8. The van der Waals surface area contributed by atoms with Gasteiger partial charge in [-0.2, -0.15) is 0 Å². The molecule has 0 spiro atoms. The van der Waals surface area contributed by atoms with Crippen LogP contribution in [0.25, 0.3) is 0 Å². The molecule has 2 fully saturated rings. The van der Waals surface area contributed by atoms with Crippen molar-refractivity contribution in [2.24, 2.45) is 17.1 Å². The van der Waals surface area contributed by atoms with E-state index in [4.69, 9.17) is 5.73 Å². The smallest absolute Gasteiger partial charge is 0.223 e. The molecule has 0 aromatic heterocycles. The third-order valence-corrected chi connectivity index (χ3v) is 5.44. The zero-order valence-electron chi connectivity index (χ0n) is 13.6. The lowest BCUT2D eigenvalue weighted by molar-refractivity contribution is -0.136. The minimum Gasteiger partial charge on any atom is -0.342 e. The Hall–Kier alpha value is -0.280. The van der Waals surface area contributed by atoms with E-state index >= 15 is 0 Å². The lowest BCUT2D eigenvalue weighted by Crippen LogP contribution is -2.44. The van der Waals surface area contributed by atoms with Gasteiger partial charge in [0.05, 0.1) is 0 Å². The van der Waals surface area contributed by atoms with E-state index in [-0.39, 0.29) is 17.8 Å². The zero-order valence-corrected chi connectivity index (χ0v) is 14.4. The van der Waals surface area contributed by atoms with Crippen molar-refractivity contribution in [3.8, 4) is 0 Å². The van der Waals surface area contributed by atoms with Gasteiger partial charge in [0.2, 0.25) is 5.91 Å². The van der Waals surface area contributed by atoms with Crippen molar-refractivity contribution >= 4 is 18.3 Å². The van der Waals surface area contributed by atoms with Crippen molar-refractivity contribution in [1.29, 1.82) is 0 Å². The van der Waals surface area contributed by atoms with Crippen LogP contribution in [-0.4, -0.2) is 30.4 Å². The molecule has 1 aliphatic carbocycles. The second-order valence-electron chi connectivity index (χ2n) is 7.08. The van der Waals surface area contributed by atoms with Gasteiger partial charge >= 0.3 is 0 Å². The van der Waals surface area contributed by atoms with Crippen molar-refractivity contribution in [3.05, 3.63) is 0 Å². The van der Waals surface area contributed by atoms with Gasteiger partial charge in [0.25, 0.3) is 0 Å². The SMILES string of the molecule is CCCC1CCCN(C(=O)CC2(CN)CCCCC2)C1.Cl. The maximum atomic E-state index is 12.7. The van der Waals surface area contributed by atoms with Crippen LogP contribution < -0.4 is 5.73 Å². The number of halogens is 1. The van der Waals surface area contributed by atoms with Gasteiger partial charge < -0.3 is 10.6 Å². The molecule has 2 rings (SSSR count). The summed E-state index contributed by atoms with van der Waals surface area (Å²) in [5.74, 6) is 1.11. The molecule has 1 unspecified atom stereocenters. The van der Waals surface area contributed by atoms with Gasteiger partial charge in [-0.3, -0.25) is 4.79 Å². The van der Waals surface area contributed by atoms with E-state index in [9.17, 15) is 4.79 Å². The largest absolute Gasteiger partial charge is 0.342 e. The van der Waals surface area contributed by atoms with Crippen LogP contribution in [0.5, 0.6) is 0 Å². The van der Waals surface area contributed by atoms with E-state index in [0.29, 0.717) is 18.9 Å². The Balaban J connectivity index is 0.00000220. The molecular formula is C17H33ClN2O. The number of hydrogen-bond donors (Lipinski definition) is 1. The van der Waals surface area contributed by atoms with Crippen LogP contribution in [0.1, 0.15) is 71.1 Å². The molecule has 1 aliphatic heterocycles. The summed E-state index contributed by atoms with van der Waals surface area (Å²) < 4.78 is 0. The van der Waals surface area contributed by atoms with E-state index in [0.717, 1.165) is 31.8 Å². The fourth-order valence-corrected chi connectivity index (χ4v) is 4.12. The number of nitrogens with zero attached hydrogens (tertiary/aromatic N) is 1. The molecule has 1 saturated heterocycles. The zero-order chi connectivity index (χ0) is 14.4. The third kappa shape index (κ3) is 5.14. The summed E-state index contributed by atoms with van der Waals surface area (Å²) in [5, 5.41) is 0. The first-order chi connectivity index (χ1) is 9.69. The first-order valence-corrected chi connectivity index (χ1v) is 8.67. The summed E-state index contributed by atoms with van der Waals surface area (Å²) in [6.45, 7) is 4.89. The summed E-state index contributed by atoms with van der Waals surface area (Å²) in [6.07, 6.45) is 11.8. The molecular weight excluding hydrogens is 284 g/mol. The molecule has 1 heterocycles. The topological polar surface area (TPSA) is 46.3 Å². The standard InChI is InChI=1S/C17H32N2O.ClH/c1-2-7-15-8-6-11-19(13-15)16(20)12-17(14-18)9-4-3-5-10-17;/h15H,2-14,18H2,1H3;1H. The van der Waals surface area contributed by atoms with Crippen LogP contribution >= 0.6 is 12.4 Å².